The molecule has 1 N–H and O–H groups in total. The predicted molar refractivity (Wildman–Crippen MR) is 73.7 cm³/mol. The van der Waals surface area contributed by atoms with Gasteiger partial charge < -0.3 is 9.84 Å². The van der Waals surface area contributed by atoms with Gasteiger partial charge >= 0.3 is 6.61 Å². The second-order valence-corrected chi connectivity index (χ2v) is 5.82. The van der Waals surface area contributed by atoms with Crippen LogP contribution in [0.15, 0.2) is 24.3 Å². The maximum absolute atomic E-state index is 12.1. The van der Waals surface area contributed by atoms with Crippen molar-refractivity contribution < 1.29 is 18.6 Å². The quantitative estimate of drug-likeness (QED) is 0.912. The van der Waals surface area contributed by atoms with Gasteiger partial charge in [0.25, 0.3) is 0 Å². The van der Waals surface area contributed by atoms with Crippen LogP contribution in [0.25, 0.3) is 0 Å². The van der Waals surface area contributed by atoms with Gasteiger partial charge in [-0.05, 0) is 36.5 Å². The van der Waals surface area contributed by atoms with E-state index in [4.69, 9.17) is 0 Å². The highest BCUT2D eigenvalue weighted by atomic mass is 19.3. The van der Waals surface area contributed by atoms with Gasteiger partial charge in [-0.1, -0.05) is 31.9 Å². The van der Waals surface area contributed by atoms with Crippen LogP contribution in [0, 0.1) is 22.7 Å². The van der Waals surface area contributed by atoms with Crippen LogP contribution < -0.4 is 4.74 Å². The number of benzene rings is 1. The summed E-state index contributed by atoms with van der Waals surface area (Å²) in [6, 6.07) is 8.16. The summed E-state index contributed by atoms with van der Waals surface area (Å²) >= 11 is 0. The van der Waals surface area contributed by atoms with Crippen molar-refractivity contribution in [3.63, 3.8) is 0 Å². The summed E-state index contributed by atoms with van der Waals surface area (Å²) in [6.07, 6.45) is 2.38. The van der Waals surface area contributed by atoms with E-state index in [9.17, 15) is 19.1 Å². The molecular formula is C16H19F2NO2. The van der Waals surface area contributed by atoms with E-state index < -0.39 is 18.1 Å². The van der Waals surface area contributed by atoms with E-state index in [0.29, 0.717) is 24.3 Å². The number of nitrogens with zero attached hydrogens (tertiary/aromatic N) is 1. The van der Waals surface area contributed by atoms with Crippen LogP contribution in [-0.4, -0.2) is 11.7 Å². The minimum Gasteiger partial charge on any atom is -0.435 e. The van der Waals surface area contributed by atoms with Crippen LogP contribution in [0.2, 0.25) is 0 Å². The normalized spacial score (nSPS) is 27.1. The minimum absolute atomic E-state index is 0.0453. The molecule has 0 bridgehead atoms. The van der Waals surface area contributed by atoms with Crippen LogP contribution in [0.3, 0.4) is 0 Å². The molecule has 1 aromatic rings. The molecule has 2 rings (SSSR count). The predicted octanol–water partition coefficient (Wildman–Crippen LogP) is 4.04. The average molecular weight is 295 g/mol. The maximum atomic E-state index is 12.1. The molecule has 1 aliphatic rings. The van der Waals surface area contributed by atoms with E-state index in [1.807, 2.05) is 0 Å². The lowest BCUT2D eigenvalue weighted by Gasteiger charge is -2.38. The largest absolute Gasteiger partial charge is 0.435 e. The monoisotopic (exact) mass is 295 g/mol. The van der Waals surface area contributed by atoms with Crippen molar-refractivity contribution in [2.45, 2.75) is 45.3 Å². The molecule has 0 radical (unpaired) electrons. The second kappa shape index (κ2) is 6.40. The summed E-state index contributed by atoms with van der Waals surface area (Å²) in [5.41, 5.74) is -0.227. The molecule has 1 aromatic carbocycles. The van der Waals surface area contributed by atoms with E-state index in [1.54, 1.807) is 12.1 Å². The van der Waals surface area contributed by atoms with Gasteiger partial charge in [0.05, 0.1) is 17.6 Å². The zero-order valence-corrected chi connectivity index (χ0v) is 11.9. The number of hydrogen-bond donors (Lipinski definition) is 1. The molecule has 3 atom stereocenters. The highest BCUT2D eigenvalue weighted by Gasteiger charge is 2.42. The third kappa shape index (κ3) is 3.51. The first-order valence-electron chi connectivity index (χ1n) is 7.11. The lowest BCUT2D eigenvalue weighted by Crippen LogP contribution is -2.32. The van der Waals surface area contributed by atoms with Crippen LogP contribution in [-0.2, 0) is 0 Å². The second-order valence-electron chi connectivity index (χ2n) is 5.82. The molecule has 0 aromatic heterocycles. The molecule has 3 nitrogen and oxygen atoms in total. The van der Waals surface area contributed by atoms with E-state index >= 15 is 0 Å². The Morgan fingerprint density at radius 3 is 2.57 bits per heavy atom. The van der Waals surface area contributed by atoms with Gasteiger partial charge in [-0.15, -0.1) is 0 Å². The third-order valence-electron chi connectivity index (χ3n) is 4.20. The number of ether oxygens (including phenoxy) is 1. The summed E-state index contributed by atoms with van der Waals surface area (Å²) in [4.78, 5) is 0. The van der Waals surface area contributed by atoms with Crippen molar-refractivity contribution in [2.24, 2.45) is 11.3 Å². The van der Waals surface area contributed by atoms with Gasteiger partial charge in [0, 0.05) is 0 Å². The Morgan fingerprint density at radius 1 is 1.38 bits per heavy atom. The topological polar surface area (TPSA) is 53.2 Å². The summed E-state index contributed by atoms with van der Waals surface area (Å²) < 4.78 is 28.5. The average Bonchev–Trinajstić information content (AvgIpc) is 2.46. The zero-order chi connectivity index (χ0) is 15.5. The van der Waals surface area contributed by atoms with E-state index in [2.05, 4.69) is 17.7 Å². The highest BCUT2D eigenvalue weighted by molar-refractivity contribution is 5.31. The fourth-order valence-corrected chi connectivity index (χ4v) is 3.15. The molecule has 0 saturated heterocycles. The zero-order valence-electron chi connectivity index (χ0n) is 11.9. The number of nitriles is 1. The Morgan fingerprint density at radius 2 is 2.05 bits per heavy atom. The van der Waals surface area contributed by atoms with Gasteiger partial charge in [-0.2, -0.15) is 14.0 Å². The molecule has 0 spiro atoms. The van der Waals surface area contributed by atoms with E-state index in [1.165, 1.54) is 12.1 Å². The Hall–Kier alpha value is -1.67. The summed E-state index contributed by atoms with van der Waals surface area (Å²) in [5.74, 6) is 0.443. The molecule has 3 unspecified atom stereocenters. The summed E-state index contributed by atoms with van der Waals surface area (Å²) in [6.45, 7) is -0.789. The summed E-state index contributed by atoms with van der Waals surface area (Å²) in [7, 11) is 0. The number of halogens is 2. The van der Waals surface area contributed by atoms with Gasteiger partial charge in [-0.3, -0.25) is 0 Å². The van der Waals surface area contributed by atoms with Gasteiger partial charge in [0.15, 0.2) is 0 Å². The van der Waals surface area contributed by atoms with Crippen LogP contribution in [0.4, 0.5) is 8.78 Å². The number of aliphatic hydroxyl groups excluding tert-OH is 1. The molecule has 21 heavy (non-hydrogen) atoms. The standard InChI is InChI=1S/C16H19F2NO2/c1-11-3-2-8-16(9-11,10-19)14(20)12-4-6-13(7-5-12)21-15(17)18/h4-7,11,14-15,20H,2-3,8-9H2,1H3. The Bertz CT molecular complexity index is 512. The van der Waals surface area contributed by atoms with Crippen molar-refractivity contribution >= 4 is 0 Å². The maximum Gasteiger partial charge on any atom is 0.387 e. The molecule has 1 aliphatic carbocycles. The van der Waals surface area contributed by atoms with Crippen LogP contribution in [0.1, 0.15) is 44.3 Å². The number of hydrogen-bond acceptors (Lipinski definition) is 3. The Labute approximate surface area is 123 Å². The van der Waals surface area contributed by atoms with Crippen LogP contribution in [0.5, 0.6) is 5.75 Å². The first-order valence-corrected chi connectivity index (χ1v) is 7.11. The first-order chi connectivity index (χ1) is 9.97. The lowest BCUT2D eigenvalue weighted by molar-refractivity contribution is -0.0499. The number of alkyl halides is 2. The minimum atomic E-state index is -2.87. The van der Waals surface area contributed by atoms with Crippen LogP contribution >= 0.6 is 0 Å². The first kappa shape index (κ1) is 15.7. The molecule has 114 valence electrons. The number of aliphatic hydroxyl groups is 1. The molecule has 0 heterocycles. The van der Waals surface area contributed by atoms with Gasteiger partial charge in [0.1, 0.15) is 5.75 Å². The highest BCUT2D eigenvalue weighted by Crippen LogP contribution is 2.47. The van der Waals surface area contributed by atoms with E-state index in [-0.39, 0.29) is 5.75 Å². The Kier molecular flexibility index (Phi) is 4.79. The lowest BCUT2D eigenvalue weighted by atomic mass is 9.66. The molecule has 1 saturated carbocycles. The van der Waals surface area contributed by atoms with Crippen molar-refractivity contribution in [3.05, 3.63) is 29.8 Å². The fraction of sp³-hybridized carbons (Fsp3) is 0.562. The SMILES string of the molecule is CC1CCCC(C#N)(C(O)c2ccc(OC(F)F)cc2)C1. The van der Waals surface area contributed by atoms with Crippen molar-refractivity contribution in [1.29, 1.82) is 5.26 Å². The third-order valence-corrected chi connectivity index (χ3v) is 4.20. The molecule has 0 aliphatic heterocycles. The molecule has 1 fully saturated rings. The molecule has 5 heteroatoms. The Balaban J connectivity index is 2.18. The number of rotatable bonds is 4. The van der Waals surface area contributed by atoms with Crippen molar-refractivity contribution in [3.8, 4) is 11.8 Å². The van der Waals surface area contributed by atoms with Crippen molar-refractivity contribution in [2.75, 3.05) is 0 Å². The molecular weight excluding hydrogens is 276 g/mol. The smallest absolute Gasteiger partial charge is 0.387 e. The summed E-state index contributed by atoms with van der Waals surface area (Å²) in [5, 5.41) is 20.1. The van der Waals surface area contributed by atoms with Crippen molar-refractivity contribution in [1.82, 2.24) is 0 Å². The van der Waals surface area contributed by atoms with Gasteiger partial charge in [-0.25, -0.2) is 0 Å². The van der Waals surface area contributed by atoms with E-state index in [0.717, 1.165) is 12.8 Å². The van der Waals surface area contributed by atoms with Gasteiger partial charge in [0.2, 0.25) is 0 Å². The fourth-order valence-electron chi connectivity index (χ4n) is 3.15. The molecule has 0 amide bonds.